The molecule has 9 rings (SSSR count). The van der Waals surface area contributed by atoms with Crippen molar-refractivity contribution in [3.8, 4) is 0 Å². The van der Waals surface area contributed by atoms with E-state index < -0.39 is 35.6 Å². The molecular formula is C43H52N12O6. The van der Waals surface area contributed by atoms with E-state index in [4.69, 9.17) is 10.7 Å². The highest BCUT2D eigenvalue weighted by Crippen LogP contribution is 2.38. The molecule has 3 aromatic rings. The number of carbonyl (C=O) groups is 6. The molecule has 4 N–H and O–H groups in total. The molecule has 18 heteroatoms. The van der Waals surface area contributed by atoms with Gasteiger partial charge in [-0.25, -0.2) is 4.79 Å². The molecule has 5 fully saturated rings. The molecule has 18 nitrogen and oxygen atoms in total. The van der Waals surface area contributed by atoms with E-state index in [1.165, 1.54) is 5.56 Å². The van der Waals surface area contributed by atoms with Crippen LogP contribution < -0.4 is 26.2 Å². The Bertz CT molecular complexity index is 2280. The third-order valence-electron chi connectivity index (χ3n) is 13.5. The number of anilines is 4. The van der Waals surface area contributed by atoms with E-state index >= 15 is 0 Å². The number of amides is 7. The molecule has 0 aliphatic carbocycles. The van der Waals surface area contributed by atoms with Crippen molar-refractivity contribution in [2.24, 2.45) is 11.1 Å². The number of hydrogen-bond acceptors (Lipinski definition) is 13. The van der Waals surface area contributed by atoms with E-state index in [1.54, 1.807) is 17.0 Å². The van der Waals surface area contributed by atoms with Gasteiger partial charge in [-0.05, 0) is 98.8 Å². The average molecular weight is 833 g/mol. The van der Waals surface area contributed by atoms with Gasteiger partial charge in [0.05, 0.1) is 17.2 Å². The van der Waals surface area contributed by atoms with Crippen LogP contribution in [0.3, 0.4) is 0 Å². The molecule has 2 aromatic carbocycles. The fourth-order valence-electron chi connectivity index (χ4n) is 10.1. The third-order valence-corrected chi connectivity index (χ3v) is 13.5. The Morgan fingerprint density at radius 2 is 1.66 bits per heavy atom. The maximum atomic E-state index is 13.4. The van der Waals surface area contributed by atoms with Crippen LogP contribution >= 0.6 is 0 Å². The van der Waals surface area contributed by atoms with Crippen molar-refractivity contribution in [3.05, 3.63) is 64.8 Å². The maximum Gasteiger partial charge on any atom is 0.320 e. The lowest BCUT2D eigenvalue weighted by Crippen LogP contribution is -2.54. The zero-order valence-corrected chi connectivity index (χ0v) is 34.6. The predicted molar refractivity (Wildman–Crippen MR) is 225 cm³/mol. The Morgan fingerprint density at radius 3 is 2.38 bits per heavy atom. The number of aromatic nitrogens is 3. The van der Waals surface area contributed by atoms with Crippen LogP contribution in [-0.2, 0) is 9.59 Å². The summed E-state index contributed by atoms with van der Waals surface area (Å²) in [5.41, 5.74) is 9.16. The lowest BCUT2D eigenvalue weighted by molar-refractivity contribution is -0.136. The van der Waals surface area contributed by atoms with Gasteiger partial charge in [-0.15, -0.1) is 10.2 Å². The van der Waals surface area contributed by atoms with Crippen molar-refractivity contribution in [1.29, 1.82) is 0 Å². The van der Waals surface area contributed by atoms with Crippen LogP contribution in [0, 0.1) is 5.41 Å². The summed E-state index contributed by atoms with van der Waals surface area (Å²) in [5, 5.41) is 13.9. The molecular weight excluding hydrogens is 781 g/mol. The highest BCUT2D eigenvalue weighted by Gasteiger charge is 2.45. The number of carbonyl (C=O) groups excluding carboxylic acids is 6. The van der Waals surface area contributed by atoms with Gasteiger partial charge in [0, 0.05) is 70.7 Å². The molecule has 0 spiro atoms. The van der Waals surface area contributed by atoms with E-state index in [2.05, 4.69) is 49.7 Å². The van der Waals surface area contributed by atoms with E-state index in [0.29, 0.717) is 37.1 Å². The molecule has 5 saturated heterocycles. The van der Waals surface area contributed by atoms with Gasteiger partial charge in [0.25, 0.3) is 17.7 Å². The summed E-state index contributed by atoms with van der Waals surface area (Å²) < 4.78 is 0. The maximum absolute atomic E-state index is 13.4. The highest BCUT2D eigenvalue weighted by molar-refractivity contribution is 6.23. The second-order valence-electron chi connectivity index (χ2n) is 17.8. The molecule has 0 saturated carbocycles. The van der Waals surface area contributed by atoms with Crippen LogP contribution in [0.25, 0.3) is 0 Å². The standard InChI is InChI=1S/C43H52N12O6/c1-43(15-19-53(25-43)29-9-10-31-32(22-29)40(60)55(39(31)59)33-11-12-34(56)46-38(33)58)24-51-17-13-27(14-18-51)26-5-7-28(8-6-26)45-37-35(36(44)57)48-49-41(47-37)52-16-3-4-30(23-52)54-21-20-50(2)42(54)61/h5-10,22,27,30,33H,3-4,11-21,23-25H2,1-2H3,(H2,44,57)(H,45,47,49)(H,46,56,58)/t30-,33?,43?/m1/s1. The van der Waals surface area contributed by atoms with Crippen molar-refractivity contribution < 1.29 is 28.8 Å². The first-order valence-corrected chi connectivity index (χ1v) is 21.4. The van der Waals surface area contributed by atoms with Crippen molar-refractivity contribution in [2.45, 2.75) is 69.9 Å². The van der Waals surface area contributed by atoms with Gasteiger partial charge < -0.3 is 35.6 Å². The smallest absolute Gasteiger partial charge is 0.320 e. The predicted octanol–water partition coefficient (Wildman–Crippen LogP) is 2.55. The van der Waals surface area contributed by atoms with Gasteiger partial charge >= 0.3 is 6.03 Å². The lowest BCUT2D eigenvalue weighted by Gasteiger charge is -2.37. The second kappa shape index (κ2) is 16.0. The van der Waals surface area contributed by atoms with Gasteiger partial charge in [0.2, 0.25) is 17.8 Å². The number of imide groups is 2. The fraction of sp³-hybridized carbons (Fsp3) is 0.512. The number of nitrogens with zero attached hydrogens (tertiary/aromatic N) is 9. The van der Waals surface area contributed by atoms with Crippen molar-refractivity contribution >= 4 is 58.7 Å². The lowest BCUT2D eigenvalue weighted by atomic mass is 9.85. The van der Waals surface area contributed by atoms with E-state index in [9.17, 15) is 28.8 Å². The number of urea groups is 1. The molecule has 61 heavy (non-hydrogen) atoms. The average Bonchev–Trinajstić information content (AvgIpc) is 3.89. The van der Waals surface area contributed by atoms with E-state index in [0.717, 1.165) is 87.6 Å². The molecule has 7 heterocycles. The minimum atomic E-state index is -0.985. The number of hydrogen-bond donors (Lipinski definition) is 3. The number of likely N-dealkylation sites (tertiary alicyclic amines) is 1. The summed E-state index contributed by atoms with van der Waals surface area (Å²) in [6.45, 7) is 9.57. The van der Waals surface area contributed by atoms with E-state index in [-0.39, 0.29) is 47.4 Å². The number of rotatable bonds is 10. The molecule has 6 aliphatic rings. The number of primary amides is 1. The molecule has 0 radical (unpaired) electrons. The van der Waals surface area contributed by atoms with Crippen molar-refractivity contribution in [3.63, 3.8) is 0 Å². The monoisotopic (exact) mass is 832 g/mol. The first kappa shape index (κ1) is 40.2. The zero-order valence-electron chi connectivity index (χ0n) is 34.6. The van der Waals surface area contributed by atoms with Crippen LogP contribution in [0.5, 0.6) is 0 Å². The summed E-state index contributed by atoms with van der Waals surface area (Å²) in [7, 11) is 1.82. The van der Waals surface area contributed by atoms with Gasteiger partial charge in [-0.2, -0.15) is 4.98 Å². The van der Waals surface area contributed by atoms with Crippen LogP contribution in [-0.4, -0.2) is 148 Å². The Balaban J connectivity index is 0.785. The topological polar surface area (TPSA) is 211 Å². The number of likely N-dealkylation sites (N-methyl/N-ethyl adjacent to an activating group) is 1. The minimum Gasteiger partial charge on any atom is -0.371 e. The fourth-order valence-corrected chi connectivity index (χ4v) is 10.1. The van der Waals surface area contributed by atoms with Crippen LogP contribution in [0.4, 0.5) is 27.9 Å². The first-order chi connectivity index (χ1) is 29.3. The van der Waals surface area contributed by atoms with Crippen LogP contribution in [0.1, 0.15) is 94.6 Å². The Labute approximate surface area is 353 Å². The molecule has 2 unspecified atom stereocenters. The molecule has 3 atom stereocenters. The number of benzene rings is 2. The molecule has 7 amide bonds. The van der Waals surface area contributed by atoms with Crippen molar-refractivity contribution in [1.82, 2.24) is 40.1 Å². The summed E-state index contributed by atoms with van der Waals surface area (Å²) in [5.74, 6) is -1.68. The Kier molecular flexibility index (Phi) is 10.6. The summed E-state index contributed by atoms with van der Waals surface area (Å²) in [6.07, 6.45) is 5.04. The summed E-state index contributed by atoms with van der Waals surface area (Å²) >= 11 is 0. The number of piperidine rings is 3. The summed E-state index contributed by atoms with van der Waals surface area (Å²) in [4.78, 5) is 92.1. The Hall–Kier alpha value is -6.17. The van der Waals surface area contributed by atoms with Crippen LogP contribution in [0.15, 0.2) is 42.5 Å². The van der Waals surface area contributed by atoms with Gasteiger partial charge in [-0.3, -0.25) is 34.2 Å². The third kappa shape index (κ3) is 7.84. The zero-order chi connectivity index (χ0) is 42.6. The van der Waals surface area contributed by atoms with E-state index in [1.807, 2.05) is 35.0 Å². The second-order valence-corrected chi connectivity index (χ2v) is 17.8. The minimum absolute atomic E-state index is 0.0385. The molecule has 320 valence electrons. The van der Waals surface area contributed by atoms with Gasteiger partial charge in [0.1, 0.15) is 6.04 Å². The number of nitrogens with two attached hydrogens (primary N) is 1. The number of fused-ring (bicyclic) bond motifs is 1. The quantitative estimate of drug-likeness (QED) is 0.251. The molecule has 6 aliphatic heterocycles. The highest BCUT2D eigenvalue weighted by atomic mass is 16.2. The number of nitrogens with one attached hydrogen (secondary N) is 2. The summed E-state index contributed by atoms with van der Waals surface area (Å²) in [6, 6.07) is 12.7. The first-order valence-electron chi connectivity index (χ1n) is 21.4. The SMILES string of the molecule is CN1CCN([C@@H]2CCCN(c3nnc(C(N)=O)c(Nc4ccc(C5CCN(CC6(C)CCN(c7ccc8c(c7)C(=O)N(C7CCC(=O)NC7=O)C8=O)C6)CC5)cc4)n3)C2)C1=O. The van der Waals surface area contributed by atoms with Crippen molar-refractivity contribution in [2.75, 3.05) is 81.1 Å². The largest absolute Gasteiger partial charge is 0.371 e. The molecule has 0 bridgehead atoms. The van der Waals surface area contributed by atoms with Crippen LogP contribution in [0.2, 0.25) is 0 Å². The molecule has 1 aromatic heterocycles. The normalized spacial score (nSPS) is 25.1. The Morgan fingerprint density at radius 1 is 0.885 bits per heavy atom. The van der Waals surface area contributed by atoms with Gasteiger partial charge in [-0.1, -0.05) is 19.1 Å². The van der Waals surface area contributed by atoms with Gasteiger partial charge in [0.15, 0.2) is 11.5 Å².